The number of rotatable bonds is 4. The van der Waals surface area contributed by atoms with Gasteiger partial charge in [-0.25, -0.2) is 0 Å². The molecule has 0 spiro atoms. The van der Waals surface area contributed by atoms with Gasteiger partial charge in [0.25, 0.3) is 0 Å². The number of phenols is 1. The molecule has 0 radical (unpaired) electrons. The first kappa shape index (κ1) is 16.2. The van der Waals surface area contributed by atoms with Crippen molar-refractivity contribution in [3.05, 3.63) is 53.6 Å². The molecule has 2 aromatic carbocycles. The fourth-order valence-electron chi connectivity index (χ4n) is 3.79. The number of phenolic OH excluding ortho intramolecular Hbond substituents is 1. The molecule has 130 valence electrons. The molecular formula is C21H23NO3. The molecule has 1 aromatic heterocycles. The summed E-state index contributed by atoms with van der Waals surface area (Å²) in [6.45, 7) is 2.67. The van der Waals surface area contributed by atoms with Gasteiger partial charge in [-0.2, -0.15) is 0 Å². The Balaban J connectivity index is 1.84. The number of aliphatic hydroxyl groups excluding tert-OH is 1. The van der Waals surface area contributed by atoms with E-state index in [0.717, 1.165) is 35.2 Å². The second-order valence-corrected chi connectivity index (χ2v) is 6.71. The third-order valence-electron chi connectivity index (χ3n) is 5.06. The molecule has 0 unspecified atom stereocenters. The highest BCUT2D eigenvalue weighted by Crippen LogP contribution is 2.39. The molecule has 1 aliphatic heterocycles. The molecule has 0 atom stereocenters. The summed E-state index contributed by atoms with van der Waals surface area (Å²) in [5.41, 5.74) is 3.26. The van der Waals surface area contributed by atoms with Crippen molar-refractivity contribution in [3.8, 4) is 17.1 Å². The van der Waals surface area contributed by atoms with Gasteiger partial charge < -0.3 is 14.6 Å². The normalized spacial score (nSPS) is 15.7. The van der Waals surface area contributed by atoms with E-state index in [4.69, 9.17) is 4.42 Å². The van der Waals surface area contributed by atoms with E-state index in [1.807, 2.05) is 30.3 Å². The first-order valence-corrected chi connectivity index (χ1v) is 8.93. The summed E-state index contributed by atoms with van der Waals surface area (Å²) in [5.74, 6) is 0.955. The molecule has 0 aliphatic carbocycles. The van der Waals surface area contributed by atoms with Gasteiger partial charge in [-0.05, 0) is 38.1 Å². The summed E-state index contributed by atoms with van der Waals surface area (Å²) in [4.78, 5) is 2.37. The smallest absolute Gasteiger partial charge is 0.140 e. The van der Waals surface area contributed by atoms with Gasteiger partial charge in [0.2, 0.25) is 0 Å². The molecule has 25 heavy (non-hydrogen) atoms. The molecule has 0 saturated carbocycles. The third kappa shape index (κ3) is 3.03. The van der Waals surface area contributed by atoms with Crippen LogP contribution in [0, 0.1) is 0 Å². The first-order chi connectivity index (χ1) is 12.3. The van der Waals surface area contributed by atoms with E-state index < -0.39 is 0 Å². The number of likely N-dealkylation sites (tertiary alicyclic amines) is 1. The topological polar surface area (TPSA) is 56.8 Å². The highest BCUT2D eigenvalue weighted by Gasteiger charge is 2.22. The second kappa shape index (κ2) is 6.90. The lowest BCUT2D eigenvalue weighted by atomic mass is 10.0. The van der Waals surface area contributed by atoms with E-state index in [1.165, 1.54) is 19.3 Å². The summed E-state index contributed by atoms with van der Waals surface area (Å²) in [6, 6.07) is 13.3. The minimum Gasteiger partial charge on any atom is -0.508 e. The van der Waals surface area contributed by atoms with E-state index in [1.54, 1.807) is 12.1 Å². The Morgan fingerprint density at radius 1 is 0.920 bits per heavy atom. The van der Waals surface area contributed by atoms with Gasteiger partial charge in [0.15, 0.2) is 0 Å². The summed E-state index contributed by atoms with van der Waals surface area (Å²) in [7, 11) is 0. The van der Waals surface area contributed by atoms with Gasteiger partial charge in [-0.1, -0.05) is 36.8 Å². The third-order valence-corrected chi connectivity index (χ3v) is 5.06. The maximum absolute atomic E-state index is 10.5. The lowest BCUT2D eigenvalue weighted by Gasteiger charge is -2.27. The zero-order valence-corrected chi connectivity index (χ0v) is 14.2. The van der Waals surface area contributed by atoms with Gasteiger partial charge in [-0.3, -0.25) is 4.90 Å². The van der Waals surface area contributed by atoms with Crippen LogP contribution < -0.4 is 0 Å². The van der Waals surface area contributed by atoms with Crippen LogP contribution in [-0.2, 0) is 13.2 Å². The Kier molecular flexibility index (Phi) is 4.47. The van der Waals surface area contributed by atoms with Gasteiger partial charge in [0.05, 0.1) is 6.61 Å². The van der Waals surface area contributed by atoms with Crippen LogP contribution in [-0.4, -0.2) is 28.2 Å². The minimum atomic E-state index is -0.117. The highest BCUT2D eigenvalue weighted by molar-refractivity contribution is 5.92. The number of nitrogens with zero attached hydrogens (tertiary/aromatic N) is 1. The Hall–Kier alpha value is -2.30. The van der Waals surface area contributed by atoms with Crippen LogP contribution in [0.2, 0.25) is 0 Å². The lowest BCUT2D eigenvalue weighted by Crippen LogP contribution is -2.29. The van der Waals surface area contributed by atoms with E-state index in [-0.39, 0.29) is 12.4 Å². The molecule has 4 rings (SSSR count). The van der Waals surface area contributed by atoms with Crippen molar-refractivity contribution in [1.82, 2.24) is 4.90 Å². The number of hydrogen-bond acceptors (Lipinski definition) is 4. The van der Waals surface area contributed by atoms with E-state index in [2.05, 4.69) is 4.90 Å². The molecule has 2 heterocycles. The molecule has 0 bridgehead atoms. The van der Waals surface area contributed by atoms with Crippen molar-refractivity contribution in [1.29, 1.82) is 0 Å². The Bertz CT molecular complexity index is 864. The molecule has 1 saturated heterocycles. The van der Waals surface area contributed by atoms with Gasteiger partial charge in [-0.15, -0.1) is 0 Å². The van der Waals surface area contributed by atoms with Gasteiger partial charge in [0.1, 0.15) is 17.1 Å². The Morgan fingerprint density at radius 2 is 1.68 bits per heavy atom. The van der Waals surface area contributed by atoms with Crippen LogP contribution in [0.4, 0.5) is 0 Å². The van der Waals surface area contributed by atoms with E-state index >= 15 is 0 Å². The fraction of sp³-hybridized carbons (Fsp3) is 0.333. The standard InChI is InChI=1S/C21H23NO3/c23-14-17-20-16(13-22-11-5-2-6-12-22)18(24)9-10-19(20)25-21(17)15-7-3-1-4-8-15/h1,3-4,7-10,23-24H,2,5-6,11-14H2. The van der Waals surface area contributed by atoms with Crippen molar-refractivity contribution in [3.63, 3.8) is 0 Å². The number of fused-ring (bicyclic) bond motifs is 1. The first-order valence-electron chi connectivity index (χ1n) is 8.93. The van der Waals surface area contributed by atoms with Crippen molar-refractivity contribution in [2.24, 2.45) is 0 Å². The molecule has 0 amide bonds. The molecule has 1 aliphatic rings. The van der Waals surface area contributed by atoms with E-state index in [0.29, 0.717) is 17.9 Å². The van der Waals surface area contributed by atoms with Crippen LogP contribution >= 0.6 is 0 Å². The minimum absolute atomic E-state index is 0.117. The van der Waals surface area contributed by atoms with Crippen LogP contribution in [0.15, 0.2) is 46.9 Å². The number of benzene rings is 2. The number of aliphatic hydroxyl groups is 1. The Labute approximate surface area is 147 Å². The monoisotopic (exact) mass is 337 g/mol. The molecule has 1 fully saturated rings. The second-order valence-electron chi connectivity index (χ2n) is 6.71. The van der Waals surface area contributed by atoms with Crippen molar-refractivity contribution in [2.75, 3.05) is 13.1 Å². The van der Waals surface area contributed by atoms with Gasteiger partial charge in [0, 0.05) is 28.6 Å². The molecule has 4 nitrogen and oxygen atoms in total. The van der Waals surface area contributed by atoms with E-state index in [9.17, 15) is 10.2 Å². The largest absolute Gasteiger partial charge is 0.508 e. The number of piperidine rings is 1. The van der Waals surface area contributed by atoms with Crippen LogP contribution in [0.3, 0.4) is 0 Å². The van der Waals surface area contributed by atoms with Crippen molar-refractivity contribution < 1.29 is 14.6 Å². The zero-order chi connectivity index (χ0) is 17.2. The fourth-order valence-corrected chi connectivity index (χ4v) is 3.79. The number of furan rings is 1. The highest BCUT2D eigenvalue weighted by atomic mass is 16.3. The summed E-state index contributed by atoms with van der Waals surface area (Å²) in [5, 5.41) is 21.4. The lowest BCUT2D eigenvalue weighted by molar-refractivity contribution is 0.219. The quantitative estimate of drug-likeness (QED) is 0.746. The average molecular weight is 337 g/mol. The summed E-state index contributed by atoms with van der Waals surface area (Å²) < 4.78 is 6.07. The molecule has 4 heteroatoms. The number of aromatic hydroxyl groups is 1. The maximum atomic E-state index is 10.5. The summed E-state index contributed by atoms with van der Waals surface area (Å²) in [6.07, 6.45) is 3.67. The van der Waals surface area contributed by atoms with Gasteiger partial charge >= 0.3 is 0 Å². The maximum Gasteiger partial charge on any atom is 0.140 e. The van der Waals surface area contributed by atoms with Crippen LogP contribution in [0.25, 0.3) is 22.3 Å². The molecule has 3 aromatic rings. The Morgan fingerprint density at radius 3 is 2.40 bits per heavy atom. The predicted molar refractivity (Wildman–Crippen MR) is 98.4 cm³/mol. The number of hydrogen-bond donors (Lipinski definition) is 2. The summed E-state index contributed by atoms with van der Waals surface area (Å²) >= 11 is 0. The van der Waals surface area contributed by atoms with Crippen molar-refractivity contribution >= 4 is 11.0 Å². The average Bonchev–Trinajstić information content (AvgIpc) is 3.04. The molecular weight excluding hydrogens is 314 g/mol. The predicted octanol–water partition coefficient (Wildman–Crippen LogP) is 4.28. The zero-order valence-electron chi connectivity index (χ0n) is 14.2. The van der Waals surface area contributed by atoms with Crippen LogP contribution in [0.5, 0.6) is 5.75 Å². The van der Waals surface area contributed by atoms with Crippen LogP contribution in [0.1, 0.15) is 30.4 Å². The molecule has 2 N–H and O–H groups in total. The SMILES string of the molecule is OCc1c(-c2ccccc2)oc2ccc(O)c(CN3CCCCC3)c12. The van der Waals surface area contributed by atoms with Crippen molar-refractivity contribution in [2.45, 2.75) is 32.4 Å².